The number of piperidine rings is 3. The first-order chi connectivity index (χ1) is 30.3. The van der Waals surface area contributed by atoms with Gasteiger partial charge in [-0.05, 0) is 161 Å². The molecule has 6 aromatic rings. The molecular weight excluding hydrogens is 781 g/mol. The van der Waals surface area contributed by atoms with Crippen molar-refractivity contribution in [1.29, 1.82) is 10.5 Å². The number of likely N-dealkylation sites (tertiary alicyclic amines) is 3. The van der Waals surface area contributed by atoms with E-state index in [9.17, 15) is 13.6 Å². The van der Waals surface area contributed by atoms with Crippen LogP contribution in [0.25, 0.3) is 21.8 Å². The molecule has 0 atom stereocenters. The highest BCUT2D eigenvalue weighted by Gasteiger charge is 2.27. The van der Waals surface area contributed by atoms with Crippen LogP contribution < -0.4 is 10.2 Å². The summed E-state index contributed by atoms with van der Waals surface area (Å²) in [6.45, 7) is 8.84. The summed E-state index contributed by atoms with van der Waals surface area (Å²) >= 11 is 0. The van der Waals surface area contributed by atoms with Crippen LogP contribution in [-0.2, 0) is 0 Å². The number of nitrogens with zero attached hydrogens (tertiary/aromatic N) is 6. The van der Waals surface area contributed by atoms with E-state index in [2.05, 4.69) is 61.7 Å². The first kappa shape index (κ1) is 42.5. The average Bonchev–Trinajstić information content (AvgIpc) is 3.94. The Bertz CT molecular complexity index is 2510. The van der Waals surface area contributed by atoms with Crippen molar-refractivity contribution in [3.8, 4) is 12.1 Å². The van der Waals surface area contributed by atoms with Gasteiger partial charge >= 0.3 is 6.03 Å². The lowest BCUT2D eigenvalue weighted by Crippen LogP contribution is -2.48. The number of H-pyrrole nitrogens is 2. The zero-order valence-corrected chi connectivity index (χ0v) is 35.3. The van der Waals surface area contributed by atoms with Gasteiger partial charge in [0.2, 0.25) is 0 Å². The largest absolute Gasteiger partial charge is 0.384 e. The third-order valence-corrected chi connectivity index (χ3v) is 13.0. The fraction of sp³-hybridized carbons (Fsp3) is 0.380. The first-order valence-electron chi connectivity index (χ1n) is 22.1. The number of benzene rings is 4. The standard InChI is InChI=1S/C28H32FN5O.C22H23FN4/c29-23-5-7-24(8-6-23)34(28(35)33-12-2-1-3-13-33)17-16-32-14-10-22(11-15-32)26-20-31-27-18-21(19-30)4-9-25(26)27;23-18-2-1-3-19(13-18)25-8-11-27-9-6-17(7-10-27)21-15-26-22-12-16(14-24)4-5-20(21)22/h4-9,18,20,22,31H,1-3,10-17H2;1-5,12-13,15,17,25-26H,6-11H2. The number of anilines is 2. The highest BCUT2D eigenvalue weighted by molar-refractivity contribution is 5.92. The van der Waals surface area contributed by atoms with Crippen molar-refractivity contribution in [3.63, 3.8) is 0 Å². The van der Waals surface area contributed by atoms with Crippen LogP contribution in [0.4, 0.5) is 25.0 Å². The van der Waals surface area contributed by atoms with Gasteiger partial charge in [0.1, 0.15) is 11.6 Å². The van der Waals surface area contributed by atoms with E-state index in [0.29, 0.717) is 29.5 Å². The lowest BCUT2D eigenvalue weighted by Gasteiger charge is -2.36. The third-order valence-electron chi connectivity index (χ3n) is 13.0. The van der Waals surface area contributed by atoms with E-state index in [1.807, 2.05) is 40.1 Å². The monoisotopic (exact) mass is 835 g/mol. The van der Waals surface area contributed by atoms with Crippen molar-refractivity contribution in [2.45, 2.75) is 56.8 Å². The van der Waals surface area contributed by atoms with Crippen molar-refractivity contribution >= 4 is 39.2 Å². The molecule has 3 fully saturated rings. The molecule has 4 aromatic carbocycles. The zero-order valence-electron chi connectivity index (χ0n) is 35.3. The maximum Gasteiger partial charge on any atom is 0.324 e. The number of nitriles is 2. The van der Waals surface area contributed by atoms with Gasteiger partial charge in [-0.3, -0.25) is 4.90 Å². The van der Waals surface area contributed by atoms with Crippen molar-refractivity contribution in [2.75, 3.05) is 75.7 Å². The average molecular weight is 836 g/mol. The SMILES string of the molecule is N#Cc1ccc2c(C3CCN(CCN(C(=O)N4CCCCC4)c4ccc(F)cc4)CC3)c[nH]c2c1.N#Cc1ccc2c(C3CCN(CCNc4cccc(F)c4)CC3)c[nH]c2c1. The summed E-state index contributed by atoms with van der Waals surface area (Å²) in [6.07, 6.45) is 11.8. The van der Waals surface area contributed by atoms with Gasteiger partial charge in [0, 0.05) is 84.8 Å². The molecule has 3 aliphatic rings. The van der Waals surface area contributed by atoms with Gasteiger partial charge in [-0.2, -0.15) is 10.5 Å². The molecule has 0 aliphatic carbocycles. The van der Waals surface area contributed by atoms with Crippen molar-refractivity contribution in [2.24, 2.45) is 0 Å². The first-order valence-corrected chi connectivity index (χ1v) is 22.1. The predicted octanol–water partition coefficient (Wildman–Crippen LogP) is 9.94. The van der Waals surface area contributed by atoms with Crippen LogP contribution in [0, 0.1) is 34.3 Å². The van der Waals surface area contributed by atoms with Gasteiger partial charge in [-0.1, -0.05) is 18.2 Å². The van der Waals surface area contributed by atoms with Gasteiger partial charge in [-0.25, -0.2) is 13.6 Å². The number of hydrogen-bond acceptors (Lipinski definition) is 6. The number of hydrogen-bond donors (Lipinski definition) is 3. The highest BCUT2D eigenvalue weighted by atomic mass is 19.1. The van der Waals surface area contributed by atoms with Gasteiger partial charge in [0.25, 0.3) is 0 Å². The predicted molar refractivity (Wildman–Crippen MR) is 242 cm³/mol. The van der Waals surface area contributed by atoms with Crippen LogP contribution >= 0.6 is 0 Å². The smallest absolute Gasteiger partial charge is 0.324 e. The molecule has 0 unspecified atom stereocenters. The number of nitrogens with one attached hydrogen (secondary N) is 3. The zero-order chi connectivity index (χ0) is 42.8. The van der Waals surface area contributed by atoms with Crippen LogP contribution in [0.2, 0.25) is 0 Å². The summed E-state index contributed by atoms with van der Waals surface area (Å²) in [5.74, 6) is 0.541. The highest BCUT2D eigenvalue weighted by Crippen LogP contribution is 2.35. The van der Waals surface area contributed by atoms with E-state index in [1.165, 1.54) is 52.6 Å². The molecule has 3 saturated heterocycles. The minimum Gasteiger partial charge on any atom is -0.384 e. The molecule has 0 radical (unpaired) electrons. The Morgan fingerprint density at radius 3 is 1.79 bits per heavy atom. The molecule has 62 heavy (non-hydrogen) atoms. The molecule has 9 rings (SSSR count). The quantitative estimate of drug-likeness (QED) is 0.126. The molecule has 3 aliphatic heterocycles. The van der Waals surface area contributed by atoms with E-state index >= 15 is 0 Å². The summed E-state index contributed by atoms with van der Waals surface area (Å²) in [4.78, 5) is 28.7. The van der Waals surface area contributed by atoms with E-state index in [1.54, 1.807) is 18.2 Å². The lowest BCUT2D eigenvalue weighted by atomic mass is 9.89. The van der Waals surface area contributed by atoms with Gasteiger partial charge in [-0.15, -0.1) is 0 Å². The Hall–Kier alpha value is -6.21. The van der Waals surface area contributed by atoms with Crippen LogP contribution in [0.3, 0.4) is 0 Å². The number of rotatable bonds is 10. The molecule has 2 aromatic heterocycles. The molecule has 0 bridgehead atoms. The minimum absolute atomic E-state index is 0.0294. The van der Waals surface area contributed by atoms with Gasteiger partial charge in [0.15, 0.2) is 0 Å². The Balaban J connectivity index is 0.000000176. The molecule has 5 heterocycles. The summed E-state index contributed by atoms with van der Waals surface area (Å²) in [5.41, 5.74) is 7.72. The summed E-state index contributed by atoms with van der Waals surface area (Å²) < 4.78 is 26.7. The Morgan fingerprint density at radius 1 is 0.677 bits per heavy atom. The van der Waals surface area contributed by atoms with E-state index in [4.69, 9.17) is 10.5 Å². The fourth-order valence-electron chi connectivity index (χ4n) is 9.46. The third kappa shape index (κ3) is 10.3. The number of urea groups is 1. The van der Waals surface area contributed by atoms with E-state index in [0.717, 1.165) is 120 Å². The topological polar surface area (TPSA) is 121 Å². The fourth-order valence-corrected chi connectivity index (χ4v) is 9.46. The van der Waals surface area contributed by atoms with Gasteiger partial charge < -0.3 is 30.0 Å². The number of carbonyl (C=O) groups is 1. The maximum absolute atomic E-state index is 13.5. The summed E-state index contributed by atoms with van der Waals surface area (Å²) in [7, 11) is 0. The second-order valence-corrected chi connectivity index (χ2v) is 16.9. The minimum atomic E-state index is -0.290. The Labute approximate surface area is 362 Å². The number of fused-ring (bicyclic) bond motifs is 2. The maximum atomic E-state index is 13.5. The number of carbonyl (C=O) groups excluding carboxylic acids is 1. The van der Waals surface area contributed by atoms with Crippen molar-refractivity contribution < 1.29 is 13.6 Å². The van der Waals surface area contributed by atoms with Crippen LogP contribution in [0.5, 0.6) is 0 Å². The Kier molecular flexibility index (Phi) is 13.8. The van der Waals surface area contributed by atoms with E-state index in [-0.39, 0.29) is 17.7 Å². The second-order valence-electron chi connectivity index (χ2n) is 16.9. The molecule has 0 spiro atoms. The van der Waals surface area contributed by atoms with Gasteiger partial charge in [0.05, 0.1) is 23.3 Å². The van der Waals surface area contributed by atoms with Crippen molar-refractivity contribution in [1.82, 2.24) is 24.7 Å². The van der Waals surface area contributed by atoms with E-state index < -0.39 is 0 Å². The van der Waals surface area contributed by atoms with Crippen molar-refractivity contribution in [3.05, 3.63) is 131 Å². The molecular formula is C50H55F2N9O. The second kappa shape index (κ2) is 20.1. The van der Waals surface area contributed by atoms with Crippen LogP contribution in [-0.4, -0.2) is 96.1 Å². The number of halogens is 2. The lowest BCUT2D eigenvalue weighted by molar-refractivity contribution is 0.187. The number of aromatic amines is 2. The van der Waals surface area contributed by atoms with Crippen LogP contribution in [0.1, 0.15) is 79.0 Å². The summed E-state index contributed by atoms with van der Waals surface area (Å²) in [6, 6.07) is 29.0. The Morgan fingerprint density at radius 2 is 1.24 bits per heavy atom. The van der Waals surface area contributed by atoms with Crippen LogP contribution in [0.15, 0.2) is 97.3 Å². The molecule has 12 heteroatoms. The molecule has 2 amide bonds. The number of aromatic nitrogens is 2. The molecule has 320 valence electrons. The molecule has 3 N–H and O–H groups in total. The summed E-state index contributed by atoms with van der Waals surface area (Å²) in [5, 5.41) is 23.9. The molecule has 10 nitrogen and oxygen atoms in total. The number of amides is 2. The molecule has 0 saturated carbocycles. The normalized spacial score (nSPS) is 16.7.